The van der Waals surface area contributed by atoms with Crippen molar-refractivity contribution in [1.82, 2.24) is 0 Å². The van der Waals surface area contributed by atoms with E-state index in [0.717, 1.165) is 12.2 Å². The number of ether oxygens (including phenoxy) is 1. The fourth-order valence-electron chi connectivity index (χ4n) is 0.234. The molecule has 0 amide bonds. The molecule has 0 aromatic carbocycles. The van der Waals surface area contributed by atoms with Crippen molar-refractivity contribution < 1.29 is 14.3 Å². The normalized spacial score (nSPS) is 8.56. The molecule has 0 saturated carbocycles. The molecule has 0 fully saturated rings. The Morgan fingerprint density at radius 1 is 1.67 bits per heavy atom. The van der Waals surface area contributed by atoms with Crippen LogP contribution in [0.5, 0.6) is 0 Å². The molecule has 0 heterocycles. The van der Waals surface area contributed by atoms with Crippen LogP contribution in [0.1, 0.15) is 0 Å². The number of carbonyl (C=O) groups is 1. The number of rotatable bonds is 2. The number of methoxy groups -OCH3 is 1. The molecule has 3 heteroatoms. The van der Waals surface area contributed by atoms with Gasteiger partial charge in [0.15, 0.2) is 0 Å². The summed E-state index contributed by atoms with van der Waals surface area (Å²) in [4.78, 5) is 19.7. The standard InChI is InChI=1S/C6H6O3/c1-9-6(8)4-2-3-5-7/h2-4H,1H3/b4-2-. The largest absolute Gasteiger partial charge is 0.466 e. The van der Waals surface area contributed by atoms with E-state index in [-0.39, 0.29) is 0 Å². The SMILES string of the molecule is COC(=O)/C=C\C=C=O. The maximum Gasteiger partial charge on any atom is 0.330 e. The molecule has 3 nitrogen and oxygen atoms in total. The minimum Gasteiger partial charge on any atom is -0.466 e. The predicted molar refractivity (Wildman–Crippen MR) is 31.4 cm³/mol. The maximum atomic E-state index is 10.2. The second-order valence-corrected chi connectivity index (χ2v) is 1.17. The van der Waals surface area contributed by atoms with E-state index in [0.29, 0.717) is 0 Å². The molecule has 0 aromatic rings. The van der Waals surface area contributed by atoms with E-state index >= 15 is 0 Å². The molecule has 0 aliphatic rings. The summed E-state index contributed by atoms with van der Waals surface area (Å²) in [6, 6.07) is 0. The van der Waals surface area contributed by atoms with Gasteiger partial charge in [-0.05, 0) is 6.08 Å². The Bertz CT molecular complexity index is 163. The third kappa shape index (κ3) is 4.51. The molecule has 0 aromatic heterocycles. The van der Waals surface area contributed by atoms with Crippen molar-refractivity contribution in [1.29, 1.82) is 0 Å². The minimum atomic E-state index is -0.485. The zero-order valence-corrected chi connectivity index (χ0v) is 4.96. The van der Waals surface area contributed by atoms with E-state index in [2.05, 4.69) is 4.74 Å². The van der Waals surface area contributed by atoms with Crippen LogP contribution in [0.4, 0.5) is 0 Å². The molecule has 9 heavy (non-hydrogen) atoms. The van der Waals surface area contributed by atoms with Gasteiger partial charge in [0.2, 0.25) is 0 Å². The molecule has 48 valence electrons. The van der Waals surface area contributed by atoms with Crippen LogP contribution in [0.15, 0.2) is 18.2 Å². The van der Waals surface area contributed by atoms with Gasteiger partial charge in [0.1, 0.15) is 5.94 Å². The molecule has 0 atom stereocenters. The highest BCUT2D eigenvalue weighted by atomic mass is 16.5. The molecule has 0 saturated heterocycles. The van der Waals surface area contributed by atoms with Gasteiger partial charge in [-0.15, -0.1) is 0 Å². The zero-order chi connectivity index (χ0) is 7.11. The Hall–Kier alpha value is -1.34. The van der Waals surface area contributed by atoms with Gasteiger partial charge in [0.05, 0.1) is 7.11 Å². The number of carbonyl (C=O) groups excluding carboxylic acids is 2. The Balaban J connectivity index is 3.70. The smallest absolute Gasteiger partial charge is 0.330 e. The topological polar surface area (TPSA) is 43.4 Å². The van der Waals surface area contributed by atoms with Crippen molar-refractivity contribution in [2.45, 2.75) is 0 Å². The maximum absolute atomic E-state index is 10.2. The van der Waals surface area contributed by atoms with Crippen LogP contribution in [0.25, 0.3) is 0 Å². The summed E-state index contributed by atoms with van der Waals surface area (Å²) in [5.74, 6) is 0.993. The monoisotopic (exact) mass is 126 g/mol. The third-order valence-corrected chi connectivity index (χ3v) is 0.598. The first-order valence-corrected chi connectivity index (χ1v) is 2.26. The molecule has 0 spiro atoms. The molecule has 0 rings (SSSR count). The van der Waals surface area contributed by atoms with E-state index in [9.17, 15) is 9.59 Å². The van der Waals surface area contributed by atoms with Crippen LogP contribution in [0.2, 0.25) is 0 Å². The molecule has 0 radical (unpaired) electrons. The second-order valence-electron chi connectivity index (χ2n) is 1.17. The van der Waals surface area contributed by atoms with Crippen molar-refractivity contribution in [2.75, 3.05) is 7.11 Å². The first-order chi connectivity index (χ1) is 4.31. The fraction of sp³-hybridized carbons (Fsp3) is 0.167. The second kappa shape index (κ2) is 4.81. The van der Waals surface area contributed by atoms with Gasteiger partial charge in [0, 0.05) is 12.2 Å². The van der Waals surface area contributed by atoms with Gasteiger partial charge < -0.3 is 4.74 Å². The van der Waals surface area contributed by atoms with Crippen molar-refractivity contribution in [3.05, 3.63) is 18.2 Å². The van der Waals surface area contributed by atoms with Crippen LogP contribution in [0, 0.1) is 0 Å². The minimum absolute atomic E-state index is 0.485. The van der Waals surface area contributed by atoms with Crippen LogP contribution >= 0.6 is 0 Å². The Labute approximate surface area is 52.6 Å². The summed E-state index contributed by atoms with van der Waals surface area (Å²) >= 11 is 0. The van der Waals surface area contributed by atoms with Crippen LogP contribution < -0.4 is 0 Å². The van der Waals surface area contributed by atoms with Crippen molar-refractivity contribution in [3.8, 4) is 0 Å². The summed E-state index contributed by atoms with van der Waals surface area (Å²) in [6.07, 6.45) is 3.47. The summed E-state index contributed by atoms with van der Waals surface area (Å²) in [7, 11) is 1.26. The molecular weight excluding hydrogens is 120 g/mol. The molecule has 0 unspecified atom stereocenters. The number of hydrogen-bond donors (Lipinski definition) is 0. The molecule has 0 N–H and O–H groups in total. The number of esters is 1. The average molecular weight is 126 g/mol. The van der Waals surface area contributed by atoms with Crippen molar-refractivity contribution in [2.24, 2.45) is 0 Å². The highest BCUT2D eigenvalue weighted by Crippen LogP contribution is 1.76. The van der Waals surface area contributed by atoms with Crippen molar-refractivity contribution >= 4 is 11.9 Å². The number of allylic oxidation sites excluding steroid dienone is 2. The quantitative estimate of drug-likeness (QED) is 0.228. The van der Waals surface area contributed by atoms with Crippen LogP contribution in [-0.4, -0.2) is 19.0 Å². The van der Waals surface area contributed by atoms with E-state index in [1.807, 2.05) is 0 Å². The van der Waals surface area contributed by atoms with Gasteiger partial charge in [-0.25, -0.2) is 9.59 Å². The summed E-state index contributed by atoms with van der Waals surface area (Å²) in [6.45, 7) is 0. The lowest BCUT2D eigenvalue weighted by Crippen LogP contribution is -1.92. The molecule has 0 aliphatic heterocycles. The van der Waals surface area contributed by atoms with Crippen LogP contribution in [-0.2, 0) is 14.3 Å². The zero-order valence-electron chi connectivity index (χ0n) is 4.96. The molecular formula is C6H6O3. The Kier molecular flexibility index (Phi) is 4.09. The Morgan fingerprint density at radius 2 is 2.33 bits per heavy atom. The summed E-state index contributed by atoms with van der Waals surface area (Å²) in [5.41, 5.74) is 0. The van der Waals surface area contributed by atoms with Gasteiger partial charge in [-0.1, -0.05) is 0 Å². The molecule has 0 aliphatic carbocycles. The van der Waals surface area contributed by atoms with Crippen LogP contribution in [0.3, 0.4) is 0 Å². The summed E-state index contributed by atoms with van der Waals surface area (Å²) < 4.78 is 4.22. The summed E-state index contributed by atoms with van der Waals surface area (Å²) in [5, 5.41) is 0. The predicted octanol–water partition coefficient (Wildman–Crippen LogP) is 0.103. The van der Waals surface area contributed by atoms with Gasteiger partial charge >= 0.3 is 5.97 Å². The average Bonchev–Trinajstić information content (AvgIpc) is 1.89. The third-order valence-electron chi connectivity index (χ3n) is 0.598. The number of hydrogen-bond acceptors (Lipinski definition) is 3. The highest BCUT2D eigenvalue weighted by Gasteiger charge is 1.85. The highest BCUT2D eigenvalue weighted by molar-refractivity contribution is 5.82. The molecule has 0 bridgehead atoms. The van der Waals surface area contributed by atoms with E-state index < -0.39 is 5.97 Å². The van der Waals surface area contributed by atoms with Gasteiger partial charge in [0.25, 0.3) is 0 Å². The van der Waals surface area contributed by atoms with E-state index in [4.69, 9.17) is 0 Å². The first-order valence-electron chi connectivity index (χ1n) is 2.26. The first kappa shape index (κ1) is 7.66. The van der Waals surface area contributed by atoms with Gasteiger partial charge in [-0.2, -0.15) is 0 Å². The Morgan fingerprint density at radius 3 is 2.78 bits per heavy atom. The lowest BCUT2D eigenvalue weighted by molar-refractivity contribution is -0.134. The van der Waals surface area contributed by atoms with E-state index in [1.165, 1.54) is 19.1 Å². The fourth-order valence-corrected chi connectivity index (χ4v) is 0.234. The lowest BCUT2D eigenvalue weighted by atomic mass is 10.5. The van der Waals surface area contributed by atoms with Crippen molar-refractivity contribution in [3.63, 3.8) is 0 Å². The van der Waals surface area contributed by atoms with Gasteiger partial charge in [-0.3, -0.25) is 0 Å². The lowest BCUT2D eigenvalue weighted by Gasteiger charge is -1.84. The van der Waals surface area contributed by atoms with E-state index in [1.54, 1.807) is 0 Å².